The van der Waals surface area contributed by atoms with Gasteiger partial charge in [-0.3, -0.25) is 0 Å². The Labute approximate surface area is 78.5 Å². The van der Waals surface area contributed by atoms with Crippen molar-refractivity contribution in [2.45, 2.75) is 4.90 Å². The number of rotatable bonds is 0. The number of thiol groups is 1. The van der Waals surface area contributed by atoms with E-state index in [4.69, 9.17) is 0 Å². The van der Waals surface area contributed by atoms with Crippen LogP contribution in [0.3, 0.4) is 0 Å². The molecule has 0 aliphatic rings. The van der Waals surface area contributed by atoms with Gasteiger partial charge in [0, 0.05) is 10.1 Å². The van der Waals surface area contributed by atoms with E-state index in [1.54, 1.807) is 12.1 Å². The lowest BCUT2D eigenvalue weighted by Gasteiger charge is -2.01. The Hall–Kier alpha value is -0.870. The summed E-state index contributed by atoms with van der Waals surface area (Å²) in [7, 11) is 0. The van der Waals surface area contributed by atoms with Crippen molar-refractivity contribution in [2.24, 2.45) is 0 Å². The zero-order chi connectivity index (χ0) is 8.72. The maximum Gasteiger partial charge on any atom is 0.141 e. The molecule has 1 aromatic heterocycles. The molecule has 0 aliphatic carbocycles. The van der Waals surface area contributed by atoms with Crippen molar-refractivity contribution in [1.29, 1.82) is 0 Å². The summed E-state index contributed by atoms with van der Waals surface area (Å²) in [5.41, 5.74) is 0. The summed E-state index contributed by atoms with van der Waals surface area (Å²) in [4.78, 5) is 0.237. The van der Waals surface area contributed by atoms with Crippen molar-refractivity contribution >= 4 is 34.1 Å². The number of phenols is 2. The Bertz CT molecular complexity index is 434. The third-order valence-corrected chi connectivity index (χ3v) is 2.99. The summed E-state index contributed by atoms with van der Waals surface area (Å²) in [6.45, 7) is 0. The molecule has 0 fully saturated rings. The fourth-order valence-electron chi connectivity index (χ4n) is 1.07. The summed E-state index contributed by atoms with van der Waals surface area (Å²) in [5, 5.41) is 21.4. The number of hydrogen-bond donors (Lipinski definition) is 3. The van der Waals surface area contributed by atoms with Gasteiger partial charge >= 0.3 is 0 Å². The Balaban J connectivity index is 2.94. The van der Waals surface area contributed by atoms with Gasteiger partial charge in [-0.25, -0.2) is 0 Å². The minimum atomic E-state index is 0.0192. The number of hydrogen-bond acceptors (Lipinski definition) is 4. The van der Waals surface area contributed by atoms with Gasteiger partial charge in [0.25, 0.3) is 0 Å². The van der Waals surface area contributed by atoms with E-state index in [-0.39, 0.29) is 16.4 Å². The molecule has 1 heterocycles. The fourth-order valence-corrected chi connectivity index (χ4v) is 2.08. The molecule has 4 heteroatoms. The smallest absolute Gasteiger partial charge is 0.141 e. The largest absolute Gasteiger partial charge is 0.507 e. The quantitative estimate of drug-likeness (QED) is 0.569. The predicted octanol–water partition coefficient (Wildman–Crippen LogP) is 2.60. The summed E-state index contributed by atoms with van der Waals surface area (Å²) < 4.78 is 0.864. The van der Waals surface area contributed by atoms with Crippen molar-refractivity contribution in [2.75, 3.05) is 0 Å². The monoisotopic (exact) mass is 198 g/mol. The van der Waals surface area contributed by atoms with Crippen LogP contribution in [0.15, 0.2) is 22.4 Å². The highest BCUT2D eigenvalue weighted by molar-refractivity contribution is 7.80. The first kappa shape index (κ1) is 7.76. The van der Waals surface area contributed by atoms with Crippen molar-refractivity contribution in [1.82, 2.24) is 0 Å². The highest BCUT2D eigenvalue weighted by Gasteiger charge is 2.09. The van der Waals surface area contributed by atoms with E-state index in [1.807, 2.05) is 5.38 Å². The lowest BCUT2D eigenvalue weighted by atomic mass is 10.2. The number of phenolic OH excluding ortho intramolecular Hbond substituents is 2. The van der Waals surface area contributed by atoms with Crippen molar-refractivity contribution in [3.05, 3.63) is 17.5 Å². The van der Waals surface area contributed by atoms with E-state index in [2.05, 4.69) is 12.6 Å². The van der Waals surface area contributed by atoms with E-state index in [9.17, 15) is 10.2 Å². The topological polar surface area (TPSA) is 40.5 Å². The molecule has 0 spiro atoms. The van der Waals surface area contributed by atoms with Crippen LogP contribution in [0.25, 0.3) is 10.1 Å². The molecule has 0 saturated carbocycles. The van der Waals surface area contributed by atoms with Crippen LogP contribution in [0.1, 0.15) is 0 Å². The molecule has 0 aliphatic heterocycles. The molecule has 0 amide bonds. The molecule has 12 heavy (non-hydrogen) atoms. The van der Waals surface area contributed by atoms with Crippen LogP contribution >= 0.6 is 24.0 Å². The van der Waals surface area contributed by atoms with E-state index < -0.39 is 0 Å². The zero-order valence-electron chi connectivity index (χ0n) is 5.98. The second-order valence-corrected chi connectivity index (χ2v) is 3.82. The molecule has 0 unspecified atom stereocenters. The van der Waals surface area contributed by atoms with Gasteiger partial charge in [-0.2, -0.15) is 0 Å². The van der Waals surface area contributed by atoms with Gasteiger partial charge in [0.05, 0.1) is 4.90 Å². The standard InChI is InChI=1S/C8H6O2S2/c9-5-3-6-4(1-2-12-6)7(10)8(5)11/h1-3,9-11H. The van der Waals surface area contributed by atoms with Gasteiger partial charge in [-0.15, -0.1) is 24.0 Å². The normalized spacial score (nSPS) is 10.8. The summed E-state index contributed by atoms with van der Waals surface area (Å²) in [6.07, 6.45) is 0. The van der Waals surface area contributed by atoms with E-state index in [0.29, 0.717) is 0 Å². The third kappa shape index (κ3) is 0.956. The highest BCUT2D eigenvalue weighted by atomic mass is 32.1. The van der Waals surface area contributed by atoms with Crippen LogP contribution in [0.2, 0.25) is 0 Å². The van der Waals surface area contributed by atoms with Crippen molar-refractivity contribution in [3.63, 3.8) is 0 Å². The molecule has 2 aromatic rings. The van der Waals surface area contributed by atoms with Gasteiger partial charge in [0.15, 0.2) is 0 Å². The minimum absolute atomic E-state index is 0.0192. The molecule has 0 atom stereocenters. The maximum atomic E-state index is 9.50. The first-order valence-corrected chi connectivity index (χ1v) is 4.64. The third-order valence-electron chi connectivity index (χ3n) is 1.69. The van der Waals surface area contributed by atoms with Gasteiger partial charge in [0.2, 0.25) is 0 Å². The Kier molecular flexibility index (Phi) is 1.66. The number of thiophene rings is 1. The van der Waals surface area contributed by atoms with Crippen molar-refractivity contribution < 1.29 is 10.2 Å². The molecule has 2 N–H and O–H groups in total. The number of aromatic hydroxyl groups is 2. The zero-order valence-corrected chi connectivity index (χ0v) is 7.69. The first-order valence-electron chi connectivity index (χ1n) is 3.31. The summed E-state index contributed by atoms with van der Waals surface area (Å²) in [5.74, 6) is 0.0698. The second kappa shape index (κ2) is 2.57. The highest BCUT2D eigenvalue weighted by Crippen LogP contribution is 2.39. The number of fused-ring (bicyclic) bond motifs is 1. The molecule has 0 bridgehead atoms. The average Bonchev–Trinajstić information content (AvgIpc) is 2.48. The Morgan fingerprint density at radius 1 is 1.33 bits per heavy atom. The van der Waals surface area contributed by atoms with Gasteiger partial charge in [-0.1, -0.05) is 0 Å². The Morgan fingerprint density at radius 3 is 2.83 bits per heavy atom. The average molecular weight is 198 g/mol. The predicted molar refractivity (Wildman–Crippen MR) is 52.4 cm³/mol. The van der Waals surface area contributed by atoms with Crippen molar-refractivity contribution in [3.8, 4) is 11.5 Å². The molecule has 62 valence electrons. The van der Waals surface area contributed by atoms with E-state index in [0.717, 1.165) is 10.1 Å². The second-order valence-electron chi connectivity index (χ2n) is 2.43. The Morgan fingerprint density at radius 2 is 2.08 bits per heavy atom. The van der Waals surface area contributed by atoms with E-state index >= 15 is 0 Å². The van der Waals surface area contributed by atoms with Gasteiger partial charge in [0.1, 0.15) is 11.5 Å². The SMILES string of the molecule is Oc1cc2sccc2c(O)c1S. The molecule has 1 aromatic carbocycles. The first-order chi connectivity index (χ1) is 5.70. The molecule has 0 radical (unpaired) electrons. The summed E-state index contributed by atoms with van der Waals surface area (Å²) in [6, 6.07) is 3.40. The van der Waals surface area contributed by atoms with Gasteiger partial charge in [-0.05, 0) is 17.5 Å². The van der Waals surface area contributed by atoms with Crippen LogP contribution in [-0.2, 0) is 0 Å². The maximum absolute atomic E-state index is 9.50. The lowest BCUT2D eigenvalue weighted by Crippen LogP contribution is -1.72. The van der Waals surface area contributed by atoms with Crippen LogP contribution in [-0.4, -0.2) is 10.2 Å². The van der Waals surface area contributed by atoms with Crippen LogP contribution in [0, 0.1) is 0 Å². The van der Waals surface area contributed by atoms with Gasteiger partial charge < -0.3 is 10.2 Å². The molecule has 2 rings (SSSR count). The lowest BCUT2D eigenvalue weighted by molar-refractivity contribution is 0.433. The van der Waals surface area contributed by atoms with Crippen LogP contribution < -0.4 is 0 Å². The van der Waals surface area contributed by atoms with Crippen LogP contribution in [0.4, 0.5) is 0 Å². The summed E-state index contributed by atoms with van der Waals surface area (Å²) >= 11 is 5.44. The molecule has 0 saturated heterocycles. The van der Waals surface area contributed by atoms with Crippen LogP contribution in [0.5, 0.6) is 11.5 Å². The fraction of sp³-hybridized carbons (Fsp3) is 0. The minimum Gasteiger partial charge on any atom is -0.507 e. The van der Waals surface area contributed by atoms with E-state index in [1.165, 1.54) is 11.3 Å². The molecule has 2 nitrogen and oxygen atoms in total. The number of benzene rings is 1. The molecular formula is C8H6O2S2. The molecular weight excluding hydrogens is 192 g/mol.